The molecule has 3 rings (SSSR count). The van der Waals surface area contributed by atoms with Gasteiger partial charge in [-0.3, -0.25) is 9.59 Å². The Balaban J connectivity index is 1.59. The Morgan fingerprint density at radius 2 is 1.54 bits per heavy atom. The molecule has 0 unspecified atom stereocenters. The minimum Gasteiger partial charge on any atom is -0.339 e. The summed E-state index contributed by atoms with van der Waals surface area (Å²) in [4.78, 5) is 28.9. The Labute approximate surface area is 152 Å². The molecule has 1 aliphatic carbocycles. The third-order valence-electron chi connectivity index (χ3n) is 5.01. The van der Waals surface area contributed by atoms with Crippen molar-refractivity contribution in [2.24, 2.45) is 5.92 Å². The molecule has 4 nitrogen and oxygen atoms in total. The molecule has 2 fully saturated rings. The summed E-state index contributed by atoms with van der Waals surface area (Å²) < 4.78 is 0. The summed E-state index contributed by atoms with van der Waals surface area (Å²) in [6.07, 6.45) is 5.57. The number of halogens is 2. The SMILES string of the molecule is O=C(c1cccc(Cl)c1Cl)N1CCN(C(=O)C2CCCCC2)CC1. The molecule has 1 heterocycles. The average Bonchev–Trinajstić information content (AvgIpc) is 2.64. The van der Waals surface area contributed by atoms with Crippen LogP contribution in [0.4, 0.5) is 0 Å². The van der Waals surface area contributed by atoms with Gasteiger partial charge in [0.2, 0.25) is 5.91 Å². The number of amides is 2. The number of benzene rings is 1. The lowest BCUT2D eigenvalue weighted by atomic mass is 9.88. The fourth-order valence-electron chi connectivity index (χ4n) is 3.58. The first kappa shape index (κ1) is 17.6. The molecule has 1 aliphatic heterocycles. The van der Waals surface area contributed by atoms with Crippen LogP contribution in [0.25, 0.3) is 0 Å². The van der Waals surface area contributed by atoms with Crippen LogP contribution in [0.3, 0.4) is 0 Å². The van der Waals surface area contributed by atoms with E-state index in [4.69, 9.17) is 23.2 Å². The van der Waals surface area contributed by atoms with Gasteiger partial charge in [0.1, 0.15) is 0 Å². The molecular formula is C18H22Cl2N2O2. The van der Waals surface area contributed by atoms with Gasteiger partial charge in [0.25, 0.3) is 5.91 Å². The summed E-state index contributed by atoms with van der Waals surface area (Å²) in [6.45, 7) is 2.28. The van der Waals surface area contributed by atoms with Gasteiger partial charge in [-0.2, -0.15) is 0 Å². The molecule has 1 aromatic carbocycles. The quantitative estimate of drug-likeness (QED) is 0.794. The van der Waals surface area contributed by atoms with E-state index in [0.717, 1.165) is 25.7 Å². The van der Waals surface area contributed by atoms with Crippen LogP contribution in [-0.2, 0) is 4.79 Å². The first-order valence-corrected chi connectivity index (χ1v) is 9.35. The fourth-order valence-corrected chi connectivity index (χ4v) is 3.96. The topological polar surface area (TPSA) is 40.6 Å². The highest BCUT2D eigenvalue weighted by Gasteiger charge is 2.30. The Hall–Kier alpha value is -1.26. The van der Waals surface area contributed by atoms with Crippen LogP contribution in [0.1, 0.15) is 42.5 Å². The number of carbonyl (C=O) groups excluding carboxylic acids is 2. The maximum Gasteiger partial charge on any atom is 0.255 e. The van der Waals surface area contributed by atoms with Gasteiger partial charge in [-0.15, -0.1) is 0 Å². The summed E-state index contributed by atoms with van der Waals surface area (Å²) in [5, 5.41) is 0.679. The molecule has 1 saturated carbocycles. The lowest BCUT2D eigenvalue weighted by molar-refractivity contribution is -0.138. The first-order chi connectivity index (χ1) is 11.6. The van der Waals surface area contributed by atoms with E-state index in [-0.39, 0.29) is 17.7 Å². The van der Waals surface area contributed by atoms with Gasteiger partial charge in [0.05, 0.1) is 15.6 Å². The van der Waals surface area contributed by atoms with Crippen molar-refractivity contribution in [1.29, 1.82) is 0 Å². The van der Waals surface area contributed by atoms with Crippen LogP contribution in [0.5, 0.6) is 0 Å². The fraction of sp³-hybridized carbons (Fsp3) is 0.556. The lowest BCUT2D eigenvalue weighted by Crippen LogP contribution is -2.52. The van der Waals surface area contributed by atoms with Crippen molar-refractivity contribution in [3.05, 3.63) is 33.8 Å². The van der Waals surface area contributed by atoms with Crippen LogP contribution in [0.15, 0.2) is 18.2 Å². The summed E-state index contributed by atoms with van der Waals surface area (Å²) in [5.74, 6) is 0.332. The van der Waals surface area contributed by atoms with Gasteiger partial charge in [-0.05, 0) is 25.0 Å². The number of hydrogen-bond acceptors (Lipinski definition) is 2. The molecule has 24 heavy (non-hydrogen) atoms. The third kappa shape index (κ3) is 3.70. The standard InChI is InChI=1S/C18H22Cl2N2O2/c19-15-8-4-7-14(16(15)20)18(24)22-11-9-21(10-12-22)17(23)13-5-2-1-3-6-13/h4,7-8,13H,1-3,5-6,9-12H2. The Kier molecular flexibility index (Phi) is 5.67. The van der Waals surface area contributed by atoms with Crippen LogP contribution in [-0.4, -0.2) is 47.8 Å². The summed E-state index contributed by atoms with van der Waals surface area (Å²) in [7, 11) is 0. The predicted octanol–water partition coefficient (Wildman–Crippen LogP) is 3.86. The highest BCUT2D eigenvalue weighted by Crippen LogP contribution is 2.28. The Bertz CT molecular complexity index is 621. The first-order valence-electron chi connectivity index (χ1n) is 8.60. The van der Waals surface area contributed by atoms with E-state index in [9.17, 15) is 9.59 Å². The molecule has 0 spiro atoms. The minimum atomic E-state index is -0.118. The summed E-state index contributed by atoms with van der Waals surface area (Å²) >= 11 is 12.1. The van der Waals surface area contributed by atoms with Crippen LogP contribution in [0.2, 0.25) is 10.0 Å². The van der Waals surface area contributed by atoms with Crippen molar-refractivity contribution in [1.82, 2.24) is 9.80 Å². The van der Waals surface area contributed by atoms with E-state index in [1.807, 2.05) is 4.90 Å². The molecule has 2 amide bonds. The van der Waals surface area contributed by atoms with Gasteiger partial charge < -0.3 is 9.80 Å². The van der Waals surface area contributed by atoms with E-state index >= 15 is 0 Å². The molecule has 0 radical (unpaired) electrons. The van der Waals surface area contributed by atoms with Crippen molar-refractivity contribution in [2.45, 2.75) is 32.1 Å². The van der Waals surface area contributed by atoms with Crippen molar-refractivity contribution < 1.29 is 9.59 Å². The average molecular weight is 369 g/mol. The van der Waals surface area contributed by atoms with Gasteiger partial charge in [-0.1, -0.05) is 48.5 Å². The number of hydrogen-bond donors (Lipinski definition) is 0. The largest absolute Gasteiger partial charge is 0.339 e. The van der Waals surface area contributed by atoms with Gasteiger partial charge in [-0.25, -0.2) is 0 Å². The molecular weight excluding hydrogens is 347 g/mol. The van der Waals surface area contributed by atoms with Crippen LogP contribution in [0, 0.1) is 5.92 Å². The molecule has 0 N–H and O–H groups in total. The lowest BCUT2D eigenvalue weighted by Gasteiger charge is -2.37. The smallest absolute Gasteiger partial charge is 0.255 e. The maximum absolute atomic E-state index is 12.6. The molecule has 1 saturated heterocycles. The van der Waals surface area contributed by atoms with Crippen LogP contribution < -0.4 is 0 Å². The highest BCUT2D eigenvalue weighted by atomic mass is 35.5. The second-order valence-corrected chi connectivity index (χ2v) is 7.34. The van der Waals surface area contributed by atoms with Crippen molar-refractivity contribution in [2.75, 3.05) is 26.2 Å². The summed E-state index contributed by atoms with van der Waals surface area (Å²) in [6, 6.07) is 5.09. The molecule has 0 bridgehead atoms. The normalized spacial score (nSPS) is 19.4. The number of nitrogens with zero attached hydrogens (tertiary/aromatic N) is 2. The van der Waals surface area contributed by atoms with Crippen LogP contribution >= 0.6 is 23.2 Å². The molecule has 2 aliphatic rings. The third-order valence-corrected chi connectivity index (χ3v) is 5.83. The Morgan fingerprint density at radius 1 is 0.917 bits per heavy atom. The van der Waals surface area contributed by atoms with E-state index < -0.39 is 0 Å². The van der Waals surface area contributed by atoms with Crippen molar-refractivity contribution >= 4 is 35.0 Å². The van der Waals surface area contributed by atoms with Gasteiger partial charge in [0, 0.05) is 32.1 Å². The van der Waals surface area contributed by atoms with Crippen molar-refractivity contribution in [3.63, 3.8) is 0 Å². The van der Waals surface area contributed by atoms with E-state index in [1.54, 1.807) is 23.1 Å². The molecule has 0 atom stereocenters. The second kappa shape index (κ2) is 7.75. The van der Waals surface area contributed by atoms with Crippen molar-refractivity contribution in [3.8, 4) is 0 Å². The zero-order valence-corrected chi connectivity index (χ0v) is 15.2. The minimum absolute atomic E-state index is 0.118. The van der Waals surface area contributed by atoms with E-state index in [1.165, 1.54) is 6.42 Å². The zero-order valence-electron chi connectivity index (χ0n) is 13.6. The zero-order chi connectivity index (χ0) is 17.1. The highest BCUT2D eigenvalue weighted by molar-refractivity contribution is 6.43. The summed E-state index contributed by atoms with van der Waals surface area (Å²) in [5.41, 5.74) is 0.427. The number of rotatable bonds is 2. The molecule has 130 valence electrons. The van der Waals surface area contributed by atoms with E-state index in [0.29, 0.717) is 41.8 Å². The molecule has 0 aromatic heterocycles. The number of piperazine rings is 1. The molecule has 1 aromatic rings. The number of carbonyl (C=O) groups is 2. The molecule has 6 heteroatoms. The van der Waals surface area contributed by atoms with Gasteiger partial charge in [0.15, 0.2) is 0 Å². The predicted molar refractivity (Wildman–Crippen MR) is 95.5 cm³/mol. The maximum atomic E-state index is 12.6. The monoisotopic (exact) mass is 368 g/mol. The Morgan fingerprint density at radius 3 is 2.21 bits per heavy atom. The second-order valence-electron chi connectivity index (χ2n) is 6.55. The van der Waals surface area contributed by atoms with E-state index in [2.05, 4.69) is 0 Å². The van der Waals surface area contributed by atoms with Gasteiger partial charge >= 0.3 is 0 Å².